The van der Waals surface area contributed by atoms with E-state index in [0.29, 0.717) is 5.41 Å². The second-order valence-corrected chi connectivity index (χ2v) is 6.42. The van der Waals surface area contributed by atoms with Gasteiger partial charge in [0.05, 0.1) is 0 Å². The van der Waals surface area contributed by atoms with Crippen molar-refractivity contribution in [2.45, 2.75) is 59.8 Å². The summed E-state index contributed by atoms with van der Waals surface area (Å²) in [6.45, 7) is 9.66. The second kappa shape index (κ2) is 3.96. The van der Waals surface area contributed by atoms with E-state index in [2.05, 4.69) is 33.8 Å². The average Bonchev–Trinajstić information content (AvgIpc) is 2.15. The summed E-state index contributed by atoms with van der Waals surface area (Å²) in [5.74, 6) is 2.85. The molecule has 0 amide bonds. The number of rotatable bonds is 2. The molecule has 0 aromatic carbocycles. The van der Waals surface area contributed by atoms with Gasteiger partial charge in [-0.1, -0.05) is 32.4 Å². The zero-order chi connectivity index (χ0) is 11.1. The monoisotopic (exact) mass is 206 g/mol. The van der Waals surface area contributed by atoms with Crippen LogP contribution in [0.25, 0.3) is 0 Å². The highest BCUT2D eigenvalue weighted by atomic mass is 14.5. The first kappa shape index (κ1) is 11.2. The minimum Gasteiger partial charge on any atom is -0.0853 e. The Labute approximate surface area is 95.1 Å². The van der Waals surface area contributed by atoms with Gasteiger partial charge in [0.2, 0.25) is 0 Å². The molecule has 0 saturated heterocycles. The molecule has 1 saturated carbocycles. The minimum atomic E-state index is 0.672. The molecule has 0 nitrogen and oxygen atoms in total. The van der Waals surface area contributed by atoms with Crippen LogP contribution in [-0.2, 0) is 0 Å². The van der Waals surface area contributed by atoms with Gasteiger partial charge in [0, 0.05) is 0 Å². The molecule has 3 atom stereocenters. The molecule has 86 valence electrons. The predicted molar refractivity (Wildman–Crippen MR) is 66.8 cm³/mol. The van der Waals surface area contributed by atoms with E-state index < -0.39 is 0 Å². The van der Waals surface area contributed by atoms with E-state index in [1.54, 1.807) is 5.57 Å². The summed E-state index contributed by atoms with van der Waals surface area (Å²) in [6, 6.07) is 0. The summed E-state index contributed by atoms with van der Waals surface area (Å²) in [5.41, 5.74) is 2.29. The highest BCUT2D eigenvalue weighted by Crippen LogP contribution is 2.57. The van der Waals surface area contributed by atoms with Crippen LogP contribution in [0.5, 0.6) is 0 Å². The molecule has 0 aliphatic heterocycles. The van der Waals surface area contributed by atoms with Crippen molar-refractivity contribution >= 4 is 0 Å². The fourth-order valence-electron chi connectivity index (χ4n) is 3.93. The lowest BCUT2D eigenvalue weighted by molar-refractivity contribution is -0.0456. The Hall–Kier alpha value is -0.260. The van der Waals surface area contributed by atoms with Crippen molar-refractivity contribution in [3.63, 3.8) is 0 Å². The Kier molecular flexibility index (Phi) is 2.96. The van der Waals surface area contributed by atoms with Crippen molar-refractivity contribution in [2.24, 2.45) is 23.2 Å². The summed E-state index contributed by atoms with van der Waals surface area (Å²) in [4.78, 5) is 0. The highest BCUT2D eigenvalue weighted by Gasteiger charge is 2.48. The van der Waals surface area contributed by atoms with Gasteiger partial charge in [-0.2, -0.15) is 0 Å². The summed E-state index contributed by atoms with van der Waals surface area (Å²) >= 11 is 0. The Balaban J connectivity index is 2.04. The molecule has 3 unspecified atom stereocenters. The van der Waals surface area contributed by atoms with Crippen LogP contribution >= 0.6 is 0 Å². The van der Waals surface area contributed by atoms with Gasteiger partial charge in [-0.15, -0.1) is 0 Å². The number of hydrogen-bond donors (Lipinski definition) is 0. The zero-order valence-electron chi connectivity index (χ0n) is 10.8. The highest BCUT2D eigenvalue weighted by molar-refractivity contribution is 5.08. The van der Waals surface area contributed by atoms with Gasteiger partial charge in [0.1, 0.15) is 0 Å². The van der Waals surface area contributed by atoms with Crippen LogP contribution in [0.4, 0.5) is 0 Å². The first-order valence-electron chi connectivity index (χ1n) is 6.69. The van der Waals surface area contributed by atoms with Gasteiger partial charge in [-0.3, -0.25) is 0 Å². The minimum absolute atomic E-state index is 0.672. The third-order valence-electron chi connectivity index (χ3n) is 5.22. The topological polar surface area (TPSA) is 0 Å². The van der Waals surface area contributed by atoms with E-state index in [-0.39, 0.29) is 0 Å². The summed E-state index contributed by atoms with van der Waals surface area (Å²) in [6.07, 6.45) is 9.61. The van der Waals surface area contributed by atoms with Gasteiger partial charge in [-0.05, 0) is 62.2 Å². The van der Waals surface area contributed by atoms with Crippen molar-refractivity contribution in [3.05, 3.63) is 11.6 Å². The maximum atomic E-state index is 2.56. The van der Waals surface area contributed by atoms with Crippen molar-refractivity contribution in [3.8, 4) is 0 Å². The molecule has 0 radical (unpaired) electrons. The van der Waals surface area contributed by atoms with E-state index >= 15 is 0 Å². The van der Waals surface area contributed by atoms with Gasteiger partial charge in [-0.25, -0.2) is 0 Å². The Morgan fingerprint density at radius 2 is 2.07 bits per heavy atom. The number of hydrogen-bond acceptors (Lipinski definition) is 0. The molecule has 1 fully saturated rings. The van der Waals surface area contributed by atoms with E-state index in [0.717, 1.165) is 17.8 Å². The van der Waals surface area contributed by atoms with E-state index in [4.69, 9.17) is 0 Å². The molecule has 0 aromatic rings. The quantitative estimate of drug-likeness (QED) is 0.569. The molecular formula is C15H26. The summed E-state index contributed by atoms with van der Waals surface area (Å²) < 4.78 is 0. The lowest BCUT2D eigenvalue weighted by Crippen LogP contribution is -2.46. The normalized spacial score (nSPS) is 41.3. The largest absolute Gasteiger partial charge is 0.0853 e. The SMILES string of the molecule is CC1=CCC(C2(C)CCC2C(C)C)CC1. The third kappa shape index (κ3) is 1.88. The van der Waals surface area contributed by atoms with Crippen LogP contribution in [0.2, 0.25) is 0 Å². The lowest BCUT2D eigenvalue weighted by atomic mass is 9.50. The first-order chi connectivity index (χ1) is 7.04. The standard InChI is InChI=1S/C15H26/c1-11(2)14-9-10-15(14,4)13-7-5-12(3)6-8-13/h5,11,13-14H,6-10H2,1-4H3. The Morgan fingerprint density at radius 1 is 1.33 bits per heavy atom. The molecular weight excluding hydrogens is 180 g/mol. The summed E-state index contributed by atoms with van der Waals surface area (Å²) in [7, 11) is 0. The lowest BCUT2D eigenvalue weighted by Gasteiger charge is -2.55. The number of allylic oxidation sites excluding steroid dienone is 2. The van der Waals surface area contributed by atoms with Crippen LogP contribution < -0.4 is 0 Å². The molecule has 2 rings (SSSR count). The third-order valence-corrected chi connectivity index (χ3v) is 5.22. The molecule has 15 heavy (non-hydrogen) atoms. The molecule has 2 aliphatic carbocycles. The van der Waals surface area contributed by atoms with Gasteiger partial charge < -0.3 is 0 Å². The second-order valence-electron chi connectivity index (χ2n) is 6.42. The van der Waals surface area contributed by atoms with Crippen LogP contribution in [0.3, 0.4) is 0 Å². The molecule has 0 heteroatoms. The molecule has 0 aromatic heterocycles. The van der Waals surface area contributed by atoms with Gasteiger partial charge >= 0.3 is 0 Å². The molecule has 0 heterocycles. The van der Waals surface area contributed by atoms with Gasteiger partial charge in [0.25, 0.3) is 0 Å². The van der Waals surface area contributed by atoms with Crippen LogP contribution in [0.15, 0.2) is 11.6 Å². The maximum absolute atomic E-state index is 2.56. The fraction of sp³-hybridized carbons (Fsp3) is 0.867. The first-order valence-corrected chi connectivity index (χ1v) is 6.69. The molecule has 0 N–H and O–H groups in total. The van der Waals surface area contributed by atoms with Crippen molar-refractivity contribution < 1.29 is 0 Å². The van der Waals surface area contributed by atoms with Crippen molar-refractivity contribution in [1.29, 1.82) is 0 Å². The van der Waals surface area contributed by atoms with Crippen molar-refractivity contribution in [1.82, 2.24) is 0 Å². The average molecular weight is 206 g/mol. The molecule has 0 spiro atoms. The van der Waals surface area contributed by atoms with Gasteiger partial charge in [0.15, 0.2) is 0 Å². The molecule has 2 aliphatic rings. The molecule has 0 bridgehead atoms. The van der Waals surface area contributed by atoms with Crippen LogP contribution in [0, 0.1) is 23.2 Å². The fourth-order valence-corrected chi connectivity index (χ4v) is 3.93. The maximum Gasteiger partial charge on any atom is -0.0264 e. The Bertz CT molecular complexity index is 261. The van der Waals surface area contributed by atoms with E-state index in [1.807, 2.05) is 0 Å². The predicted octanol–water partition coefficient (Wildman–Crippen LogP) is 4.81. The van der Waals surface area contributed by atoms with E-state index in [9.17, 15) is 0 Å². The van der Waals surface area contributed by atoms with Crippen molar-refractivity contribution in [2.75, 3.05) is 0 Å². The zero-order valence-corrected chi connectivity index (χ0v) is 10.8. The summed E-state index contributed by atoms with van der Waals surface area (Å²) in [5, 5.41) is 0. The van der Waals surface area contributed by atoms with E-state index in [1.165, 1.54) is 32.1 Å². The van der Waals surface area contributed by atoms with Crippen LogP contribution in [0.1, 0.15) is 59.8 Å². The smallest absolute Gasteiger partial charge is 0.0264 e. The van der Waals surface area contributed by atoms with Crippen LogP contribution in [-0.4, -0.2) is 0 Å². The Morgan fingerprint density at radius 3 is 2.47 bits per heavy atom.